The average Bonchev–Trinajstić information content (AvgIpc) is 2.73. The molecule has 0 aliphatic heterocycles. The highest BCUT2D eigenvalue weighted by atomic mass is 19.1. The largest absolute Gasteiger partial charge is 0.363 e. The monoisotopic (exact) mass is 408 g/mol. The number of anilines is 3. The molecule has 7 nitrogen and oxygen atoms in total. The fourth-order valence-electron chi connectivity index (χ4n) is 2.75. The van der Waals surface area contributed by atoms with Gasteiger partial charge in [-0.05, 0) is 42.7 Å². The van der Waals surface area contributed by atoms with Crippen molar-refractivity contribution in [3.8, 4) is 0 Å². The molecule has 2 heterocycles. The van der Waals surface area contributed by atoms with Crippen LogP contribution in [-0.4, -0.2) is 27.4 Å². The molecule has 3 N–H and O–H groups in total. The second kappa shape index (κ2) is 9.78. The van der Waals surface area contributed by atoms with Crippen molar-refractivity contribution in [3.63, 3.8) is 0 Å². The Bertz CT molecular complexity index is 979. The number of nitrogens with zero attached hydrogens (tertiary/aromatic N) is 3. The molecule has 8 heteroatoms. The van der Waals surface area contributed by atoms with E-state index in [0.717, 1.165) is 5.56 Å². The molecule has 3 rings (SSSR count). The van der Waals surface area contributed by atoms with Crippen LogP contribution in [0, 0.1) is 11.7 Å². The summed E-state index contributed by atoms with van der Waals surface area (Å²) in [5.74, 6) is 1.34. The number of nitrogens with one attached hydrogen (secondary N) is 3. The Hall–Kier alpha value is -3.55. The maximum Gasteiger partial charge on any atom is 0.251 e. The van der Waals surface area contributed by atoms with Crippen LogP contribution in [0.5, 0.6) is 0 Å². The first-order valence-electron chi connectivity index (χ1n) is 9.76. The second-order valence-corrected chi connectivity index (χ2v) is 7.36. The van der Waals surface area contributed by atoms with E-state index in [-0.39, 0.29) is 17.8 Å². The molecule has 0 saturated heterocycles. The zero-order valence-corrected chi connectivity index (χ0v) is 17.2. The van der Waals surface area contributed by atoms with Crippen LogP contribution >= 0.6 is 0 Å². The van der Waals surface area contributed by atoms with Crippen molar-refractivity contribution >= 4 is 23.4 Å². The summed E-state index contributed by atoms with van der Waals surface area (Å²) in [6.45, 7) is 6.58. The lowest BCUT2D eigenvalue weighted by molar-refractivity contribution is 0.0949. The molecule has 0 spiro atoms. The van der Waals surface area contributed by atoms with Gasteiger partial charge in [0.05, 0.1) is 6.20 Å². The molecule has 0 radical (unpaired) electrons. The molecule has 2 aromatic heterocycles. The van der Waals surface area contributed by atoms with Crippen LogP contribution < -0.4 is 16.0 Å². The number of hydrogen-bond acceptors (Lipinski definition) is 6. The van der Waals surface area contributed by atoms with E-state index in [0.29, 0.717) is 35.5 Å². The fourth-order valence-corrected chi connectivity index (χ4v) is 2.75. The number of carbonyl (C=O) groups excluding carboxylic acids is 1. The highest BCUT2D eigenvalue weighted by Gasteiger charge is 2.13. The summed E-state index contributed by atoms with van der Waals surface area (Å²) in [5, 5.41) is 9.26. The van der Waals surface area contributed by atoms with E-state index >= 15 is 0 Å². The summed E-state index contributed by atoms with van der Waals surface area (Å²) < 4.78 is 13.2. The van der Waals surface area contributed by atoms with Gasteiger partial charge in [-0.25, -0.2) is 14.4 Å². The highest BCUT2D eigenvalue weighted by molar-refractivity contribution is 5.95. The number of benzene rings is 1. The molecule has 0 saturated carbocycles. The molecule has 156 valence electrons. The van der Waals surface area contributed by atoms with Crippen LogP contribution in [0.15, 0.2) is 55.0 Å². The molecule has 0 bridgehead atoms. The van der Waals surface area contributed by atoms with Gasteiger partial charge < -0.3 is 16.0 Å². The summed E-state index contributed by atoms with van der Waals surface area (Å²) in [6, 6.07) is 9.47. The van der Waals surface area contributed by atoms with Crippen molar-refractivity contribution < 1.29 is 9.18 Å². The van der Waals surface area contributed by atoms with Gasteiger partial charge in [-0.3, -0.25) is 9.78 Å². The van der Waals surface area contributed by atoms with Crippen molar-refractivity contribution in [2.24, 2.45) is 5.92 Å². The molecule has 0 aliphatic carbocycles. The van der Waals surface area contributed by atoms with Gasteiger partial charge in [-0.15, -0.1) is 0 Å². The highest BCUT2D eigenvalue weighted by Crippen LogP contribution is 2.22. The Labute approximate surface area is 175 Å². The average molecular weight is 408 g/mol. The van der Waals surface area contributed by atoms with Crippen molar-refractivity contribution in [1.82, 2.24) is 20.3 Å². The molecule has 1 unspecified atom stereocenters. The summed E-state index contributed by atoms with van der Waals surface area (Å²) in [7, 11) is 0. The smallest absolute Gasteiger partial charge is 0.251 e. The van der Waals surface area contributed by atoms with Crippen molar-refractivity contribution in [1.29, 1.82) is 0 Å². The number of aromatic nitrogens is 3. The lowest BCUT2D eigenvalue weighted by Gasteiger charge is -2.17. The maximum absolute atomic E-state index is 13.2. The van der Waals surface area contributed by atoms with Gasteiger partial charge in [0.25, 0.3) is 5.91 Å². The summed E-state index contributed by atoms with van der Waals surface area (Å²) in [6.07, 6.45) is 4.71. The molecular weight excluding hydrogens is 383 g/mol. The van der Waals surface area contributed by atoms with E-state index in [1.807, 2.05) is 20.8 Å². The number of hydrogen-bond donors (Lipinski definition) is 3. The van der Waals surface area contributed by atoms with Crippen molar-refractivity contribution in [2.75, 3.05) is 17.2 Å². The molecular formula is C22H25FN6O. The number of amides is 1. The normalized spacial score (nSPS) is 11.8. The van der Waals surface area contributed by atoms with Crippen molar-refractivity contribution in [3.05, 3.63) is 71.9 Å². The summed E-state index contributed by atoms with van der Waals surface area (Å²) in [4.78, 5) is 25.4. The minimum atomic E-state index is -0.289. The van der Waals surface area contributed by atoms with E-state index in [9.17, 15) is 9.18 Å². The molecule has 3 aromatic rings. The van der Waals surface area contributed by atoms with Gasteiger partial charge in [0.2, 0.25) is 0 Å². The Morgan fingerprint density at radius 3 is 2.43 bits per heavy atom. The van der Waals surface area contributed by atoms with Crippen LogP contribution in [0.1, 0.15) is 42.7 Å². The van der Waals surface area contributed by atoms with Gasteiger partial charge in [0.15, 0.2) is 0 Å². The van der Waals surface area contributed by atoms with E-state index in [1.54, 1.807) is 42.9 Å². The van der Waals surface area contributed by atoms with Gasteiger partial charge in [0, 0.05) is 30.5 Å². The number of halogens is 1. The Morgan fingerprint density at radius 1 is 1.03 bits per heavy atom. The lowest BCUT2D eigenvalue weighted by atomic mass is 10.1. The SMILES string of the molecule is CC(C)CNC(=O)c1cc(Nc2cnccn2)nc(NC(C)c2ccc(F)cc2)c1. The van der Waals surface area contributed by atoms with Crippen LogP contribution in [0.25, 0.3) is 0 Å². The predicted octanol–water partition coefficient (Wildman–Crippen LogP) is 4.31. The number of rotatable bonds is 8. The van der Waals surface area contributed by atoms with E-state index in [4.69, 9.17) is 0 Å². The van der Waals surface area contributed by atoms with Crippen LogP contribution in [0.2, 0.25) is 0 Å². The third kappa shape index (κ3) is 5.97. The fraction of sp³-hybridized carbons (Fsp3) is 0.273. The molecule has 1 amide bonds. The minimum Gasteiger partial charge on any atom is -0.363 e. The minimum absolute atomic E-state index is 0.142. The predicted molar refractivity (Wildman–Crippen MR) is 115 cm³/mol. The molecule has 1 aromatic carbocycles. The van der Waals surface area contributed by atoms with Crippen LogP contribution in [0.3, 0.4) is 0 Å². The second-order valence-electron chi connectivity index (χ2n) is 7.36. The zero-order chi connectivity index (χ0) is 21.5. The molecule has 0 aliphatic rings. The first-order chi connectivity index (χ1) is 14.4. The number of pyridine rings is 1. The summed E-state index contributed by atoms with van der Waals surface area (Å²) >= 11 is 0. The van der Waals surface area contributed by atoms with Crippen molar-refractivity contribution in [2.45, 2.75) is 26.8 Å². The topological polar surface area (TPSA) is 91.8 Å². The molecule has 30 heavy (non-hydrogen) atoms. The Kier molecular flexibility index (Phi) is 6.90. The van der Waals surface area contributed by atoms with Gasteiger partial charge in [0.1, 0.15) is 23.3 Å². The quantitative estimate of drug-likeness (QED) is 0.514. The zero-order valence-electron chi connectivity index (χ0n) is 17.2. The first-order valence-corrected chi connectivity index (χ1v) is 9.76. The van der Waals surface area contributed by atoms with Gasteiger partial charge in [-0.2, -0.15) is 0 Å². The lowest BCUT2D eigenvalue weighted by Crippen LogP contribution is -2.27. The third-order valence-corrected chi connectivity index (χ3v) is 4.31. The molecule has 0 fully saturated rings. The Balaban J connectivity index is 1.86. The van der Waals surface area contributed by atoms with E-state index < -0.39 is 0 Å². The first kappa shape index (κ1) is 21.2. The summed E-state index contributed by atoms with van der Waals surface area (Å²) in [5.41, 5.74) is 1.36. The van der Waals surface area contributed by atoms with Crippen LogP contribution in [-0.2, 0) is 0 Å². The van der Waals surface area contributed by atoms with E-state index in [1.165, 1.54) is 12.1 Å². The van der Waals surface area contributed by atoms with Gasteiger partial charge in [-0.1, -0.05) is 26.0 Å². The Morgan fingerprint density at radius 2 is 1.77 bits per heavy atom. The maximum atomic E-state index is 13.2. The number of carbonyl (C=O) groups is 1. The van der Waals surface area contributed by atoms with E-state index in [2.05, 4.69) is 30.9 Å². The standard InChI is InChI=1S/C22H25FN6O/c1-14(2)12-26-22(30)17-10-19(27-15(3)16-4-6-18(23)7-5-16)28-20(11-17)29-21-13-24-8-9-25-21/h4-11,13-15H,12H2,1-3H3,(H,26,30)(H2,25,27,28,29). The van der Waals surface area contributed by atoms with Crippen LogP contribution in [0.4, 0.5) is 21.8 Å². The molecule has 1 atom stereocenters. The third-order valence-electron chi connectivity index (χ3n) is 4.31. The van der Waals surface area contributed by atoms with Gasteiger partial charge >= 0.3 is 0 Å².